The van der Waals surface area contributed by atoms with E-state index in [1.807, 2.05) is 0 Å². The van der Waals surface area contributed by atoms with E-state index in [4.69, 9.17) is 0 Å². The van der Waals surface area contributed by atoms with E-state index in [1.54, 1.807) is 0 Å². The van der Waals surface area contributed by atoms with Gasteiger partial charge in [0.2, 0.25) is 0 Å². The number of para-hydroxylation sites is 4. The first-order chi connectivity index (χ1) is 22.2. The zero-order valence-electron chi connectivity index (χ0n) is 25.4. The molecular formula is C43H30N2V. The van der Waals surface area contributed by atoms with E-state index < -0.39 is 0 Å². The predicted octanol–water partition coefficient (Wildman–Crippen LogP) is 11.5. The van der Waals surface area contributed by atoms with Gasteiger partial charge >= 0.3 is 0 Å². The van der Waals surface area contributed by atoms with Crippen molar-refractivity contribution >= 4 is 43.6 Å². The second kappa shape index (κ2) is 11.3. The van der Waals surface area contributed by atoms with E-state index in [0.717, 1.165) is 0 Å². The minimum atomic E-state index is 0. The maximum Gasteiger partial charge on any atom is 0.0541 e. The number of hydrogen-bond donors (Lipinski definition) is 0. The molecule has 0 saturated carbocycles. The fraction of sp³-hybridized carbons (Fsp3) is 0.0233. The van der Waals surface area contributed by atoms with Crippen molar-refractivity contribution in [2.45, 2.75) is 6.92 Å². The molecule has 9 aromatic rings. The maximum absolute atomic E-state index is 2.37. The molecule has 0 saturated heterocycles. The topological polar surface area (TPSA) is 9.86 Å². The van der Waals surface area contributed by atoms with Crippen molar-refractivity contribution in [2.24, 2.45) is 0 Å². The summed E-state index contributed by atoms with van der Waals surface area (Å²) in [5, 5.41) is 5.09. The number of rotatable bonds is 4. The van der Waals surface area contributed by atoms with Crippen LogP contribution in [0.5, 0.6) is 0 Å². The van der Waals surface area contributed by atoms with Gasteiger partial charge in [0, 0.05) is 51.5 Å². The average Bonchev–Trinajstić information content (AvgIpc) is 3.61. The van der Waals surface area contributed by atoms with Crippen molar-refractivity contribution in [1.82, 2.24) is 9.13 Å². The summed E-state index contributed by atoms with van der Waals surface area (Å²) in [6, 6.07) is 59.4. The van der Waals surface area contributed by atoms with Gasteiger partial charge in [-0.05, 0) is 95.4 Å². The fourth-order valence-corrected chi connectivity index (χ4v) is 7.17. The van der Waals surface area contributed by atoms with E-state index in [9.17, 15) is 0 Å². The van der Waals surface area contributed by atoms with Crippen LogP contribution >= 0.6 is 0 Å². The summed E-state index contributed by atoms with van der Waals surface area (Å²) in [5.74, 6) is 0. The van der Waals surface area contributed by atoms with Crippen molar-refractivity contribution in [3.63, 3.8) is 0 Å². The Kier molecular flexibility index (Phi) is 6.91. The standard InChI is InChI=1S/C43H30N2.V/c1-29-26-30(31-21-24-42-38(27-31)36-16-8-10-18-40(36)44(42)33-12-4-2-5-13-33)20-23-35(29)32-22-25-43-39(28-32)37-17-9-11-19-41(37)45(43)34-14-6-3-7-15-34;/h2-28H,1H3;. The van der Waals surface area contributed by atoms with Crippen molar-refractivity contribution in [1.29, 1.82) is 0 Å². The Labute approximate surface area is 280 Å². The quantitative estimate of drug-likeness (QED) is 0.184. The number of nitrogens with zero attached hydrogens (tertiary/aromatic N) is 2. The molecule has 2 nitrogen and oxygen atoms in total. The van der Waals surface area contributed by atoms with E-state index in [2.05, 4.69) is 180 Å². The Morgan fingerprint density at radius 3 is 1.30 bits per heavy atom. The molecule has 0 fully saturated rings. The van der Waals surface area contributed by atoms with Gasteiger partial charge in [-0.1, -0.05) is 103 Å². The zero-order chi connectivity index (χ0) is 29.9. The normalized spacial score (nSPS) is 11.4. The Morgan fingerprint density at radius 1 is 0.348 bits per heavy atom. The molecule has 3 heteroatoms. The first-order valence-electron chi connectivity index (χ1n) is 15.5. The molecule has 1 radical (unpaired) electrons. The summed E-state index contributed by atoms with van der Waals surface area (Å²) in [7, 11) is 0. The molecule has 217 valence electrons. The molecule has 0 N–H and O–H groups in total. The van der Waals surface area contributed by atoms with E-state index in [0.29, 0.717) is 0 Å². The van der Waals surface area contributed by atoms with Crippen LogP contribution < -0.4 is 0 Å². The number of fused-ring (bicyclic) bond motifs is 6. The van der Waals surface area contributed by atoms with Gasteiger partial charge in [0.05, 0.1) is 22.1 Å². The summed E-state index contributed by atoms with van der Waals surface area (Å²) in [6.45, 7) is 2.23. The van der Waals surface area contributed by atoms with E-state index >= 15 is 0 Å². The Balaban J connectivity index is 0.00000312. The molecule has 9 rings (SSSR count). The van der Waals surface area contributed by atoms with Crippen LogP contribution in [0.1, 0.15) is 5.56 Å². The fourth-order valence-electron chi connectivity index (χ4n) is 7.17. The Morgan fingerprint density at radius 2 is 0.761 bits per heavy atom. The molecule has 0 atom stereocenters. The van der Waals surface area contributed by atoms with Crippen LogP contribution in [0.3, 0.4) is 0 Å². The molecule has 0 amide bonds. The van der Waals surface area contributed by atoms with Crippen LogP contribution in [0.2, 0.25) is 0 Å². The smallest absolute Gasteiger partial charge is 0.0541 e. The molecular weight excluding hydrogens is 595 g/mol. The largest absolute Gasteiger partial charge is 0.309 e. The molecule has 0 unspecified atom stereocenters. The maximum atomic E-state index is 2.37. The second-order valence-electron chi connectivity index (χ2n) is 11.9. The molecule has 0 aliphatic carbocycles. The second-order valence-corrected chi connectivity index (χ2v) is 11.9. The van der Waals surface area contributed by atoms with Crippen LogP contribution in [0.15, 0.2) is 164 Å². The molecule has 0 bridgehead atoms. The van der Waals surface area contributed by atoms with Gasteiger partial charge in [-0.25, -0.2) is 0 Å². The van der Waals surface area contributed by atoms with Crippen LogP contribution in [0.25, 0.3) is 77.2 Å². The third-order valence-corrected chi connectivity index (χ3v) is 9.24. The average molecular weight is 626 g/mol. The molecule has 0 aliphatic rings. The van der Waals surface area contributed by atoms with Crippen molar-refractivity contribution in [2.75, 3.05) is 0 Å². The molecule has 46 heavy (non-hydrogen) atoms. The first-order valence-corrected chi connectivity index (χ1v) is 15.5. The third-order valence-electron chi connectivity index (χ3n) is 9.24. The SMILES string of the molecule is Cc1cc(-c2ccc3c(c2)c2ccccc2n3-c2ccccc2)ccc1-c1ccc2c(c1)c1ccccc1n2-c1ccccc1.[V]. The first kappa shape index (κ1) is 28.2. The zero-order valence-corrected chi connectivity index (χ0v) is 26.8. The van der Waals surface area contributed by atoms with E-state index in [1.165, 1.54) is 82.8 Å². The summed E-state index contributed by atoms with van der Waals surface area (Å²) >= 11 is 0. The number of aromatic nitrogens is 2. The van der Waals surface area contributed by atoms with Gasteiger partial charge in [0.25, 0.3) is 0 Å². The summed E-state index contributed by atoms with van der Waals surface area (Å²) in [4.78, 5) is 0. The number of hydrogen-bond acceptors (Lipinski definition) is 0. The molecule has 2 heterocycles. The van der Waals surface area contributed by atoms with Crippen molar-refractivity contribution < 1.29 is 18.6 Å². The third kappa shape index (κ3) is 4.42. The van der Waals surface area contributed by atoms with Crippen LogP contribution in [0.4, 0.5) is 0 Å². The van der Waals surface area contributed by atoms with Crippen LogP contribution in [-0.2, 0) is 18.6 Å². The Bertz CT molecular complexity index is 2540. The van der Waals surface area contributed by atoms with Gasteiger partial charge in [0.1, 0.15) is 0 Å². The molecule has 2 aromatic heterocycles. The van der Waals surface area contributed by atoms with Gasteiger partial charge in [-0.3, -0.25) is 0 Å². The van der Waals surface area contributed by atoms with Crippen molar-refractivity contribution in [3.8, 4) is 33.6 Å². The predicted molar refractivity (Wildman–Crippen MR) is 191 cm³/mol. The summed E-state index contributed by atoms with van der Waals surface area (Å²) < 4.78 is 4.74. The van der Waals surface area contributed by atoms with Gasteiger partial charge in [0.15, 0.2) is 0 Å². The number of benzene rings is 7. The summed E-state index contributed by atoms with van der Waals surface area (Å²) in [6.07, 6.45) is 0. The molecule has 0 aliphatic heterocycles. The number of aryl methyl sites for hydroxylation is 1. The molecule has 7 aromatic carbocycles. The van der Waals surface area contributed by atoms with Gasteiger partial charge in [-0.15, -0.1) is 0 Å². The monoisotopic (exact) mass is 625 g/mol. The van der Waals surface area contributed by atoms with Crippen LogP contribution in [0, 0.1) is 6.92 Å². The van der Waals surface area contributed by atoms with Gasteiger partial charge < -0.3 is 9.13 Å². The van der Waals surface area contributed by atoms with E-state index in [-0.39, 0.29) is 18.6 Å². The minimum Gasteiger partial charge on any atom is -0.309 e. The van der Waals surface area contributed by atoms with Gasteiger partial charge in [-0.2, -0.15) is 0 Å². The minimum absolute atomic E-state index is 0. The van der Waals surface area contributed by atoms with Crippen LogP contribution in [-0.4, -0.2) is 9.13 Å². The Hall–Kier alpha value is -5.28. The van der Waals surface area contributed by atoms with Crippen molar-refractivity contribution in [3.05, 3.63) is 169 Å². The summed E-state index contributed by atoms with van der Waals surface area (Å²) in [5.41, 5.74) is 13.5. The molecule has 0 spiro atoms.